The molecule has 2 bridgehead atoms. The van der Waals surface area contributed by atoms with E-state index in [0.29, 0.717) is 0 Å². The molecular formula is C12H23N. The first kappa shape index (κ1) is 9.51. The van der Waals surface area contributed by atoms with Crippen LogP contribution in [0, 0.1) is 23.7 Å². The van der Waals surface area contributed by atoms with Crippen molar-refractivity contribution in [1.82, 2.24) is 4.90 Å². The van der Waals surface area contributed by atoms with Gasteiger partial charge in [0.05, 0.1) is 0 Å². The van der Waals surface area contributed by atoms with Crippen LogP contribution in [0.3, 0.4) is 0 Å². The molecule has 3 unspecified atom stereocenters. The highest BCUT2D eigenvalue weighted by atomic mass is 15.2. The van der Waals surface area contributed by atoms with Gasteiger partial charge in [-0.1, -0.05) is 27.7 Å². The summed E-state index contributed by atoms with van der Waals surface area (Å²) in [6.07, 6.45) is 1.50. The van der Waals surface area contributed by atoms with Crippen molar-refractivity contribution in [3.05, 3.63) is 0 Å². The van der Waals surface area contributed by atoms with Gasteiger partial charge in [0.1, 0.15) is 0 Å². The Hall–Kier alpha value is -0.0400. The molecule has 3 atom stereocenters. The van der Waals surface area contributed by atoms with Gasteiger partial charge in [0.25, 0.3) is 0 Å². The average Bonchev–Trinajstić information content (AvgIpc) is 2.39. The van der Waals surface area contributed by atoms with Crippen LogP contribution in [0.25, 0.3) is 0 Å². The van der Waals surface area contributed by atoms with E-state index in [2.05, 4.69) is 32.6 Å². The van der Waals surface area contributed by atoms with E-state index in [-0.39, 0.29) is 0 Å². The highest BCUT2D eigenvalue weighted by molar-refractivity contribution is 5.05. The molecule has 76 valence electrons. The SMILES string of the molecule is CC(C)CN1CC2CC1C2C(C)C. The molecule has 1 aliphatic carbocycles. The number of hydrogen-bond donors (Lipinski definition) is 0. The summed E-state index contributed by atoms with van der Waals surface area (Å²) in [6.45, 7) is 12.2. The number of rotatable bonds is 3. The summed E-state index contributed by atoms with van der Waals surface area (Å²) in [7, 11) is 0. The van der Waals surface area contributed by atoms with Crippen molar-refractivity contribution in [2.24, 2.45) is 23.7 Å². The monoisotopic (exact) mass is 181 g/mol. The molecule has 0 N–H and O–H groups in total. The minimum absolute atomic E-state index is 0.840. The van der Waals surface area contributed by atoms with Crippen LogP contribution >= 0.6 is 0 Å². The lowest BCUT2D eigenvalue weighted by molar-refractivity contribution is 0.105. The summed E-state index contributed by atoms with van der Waals surface area (Å²) in [4.78, 5) is 2.74. The molecule has 1 nitrogen and oxygen atoms in total. The molecule has 0 radical (unpaired) electrons. The molecular weight excluding hydrogens is 158 g/mol. The van der Waals surface area contributed by atoms with Crippen molar-refractivity contribution in [1.29, 1.82) is 0 Å². The maximum atomic E-state index is 2.74. The zero-order valence-electron chi connectivity index (χ0n) is 9.46. The van der Waals surface area contributed by atoms with Crippen LogP contribution in [-0.2, 0) is 0 Å². The van der Waals surface area contributed by atoms with E-state index in [0.717, 1.165) is 29.7 Å². The van der Waals surface area contributed by atoms with Gasteiger partial charge in [-0.3, -0.25) is 4.90 Å². The first-order chi connectivity index (χ1) is 6.09. The third-order valence-corrected chi connectivity index (χ3v) is 3.84. The minimum atomic E-state index is 0.840. The second-order valence-corrected chi connectivity index (χ2v) is 5.73. The Bertz CT molecular complexity index is 186. The lowest BCUT2D eigenvalue weighted by Gasteiger charge is -2.40. The molecule has 2 saturated heterocycles. The molecule has 3 aliphatic rings. The lowest BCUT2D eigenvalue weighted by Crippen LogP contribution is -2.42. The smallest absolute Gasteiger partial charge is 0.0132 e. The Balaban J connectivity index is 1.91. The van der Waals surface area contributed by atoms with E-state index >= 15 is 0 Å². The predicted octanol–water partition coefficient (Wildman–Crippen LogP) is 2.62. The standard InChI is InChI=1S/C12H23N/c1-8(2)6-13-7-10-5-11(13)12(10)9(3)4/h8-12H,5-7H2,1-4H3. The maximum absolute atomic E-state index is 2.74. The second kappa shape index (κ2) is 3.27. The van der Waals surface area contributed by atoms with Crippen LogP contribution < -0.4 is 0 Å². The first-order valence-corrected chi connectivity index (χ1v) is 5.83. The van der Waals surface area contributed by atoms with Crippen LogP contribution in [-0.4, -0.2) is 24.0 Å². The average molecular weight is 181 g/mol. The Kier molecular flexibility index (Phi) is 2.39. The number of nitrogens with zero attached hydrogens (tertiary/aromatic N) is 1. The van der Waals surface area contributed by atoms with Crippen LogP contribution in [0.5, 0.6) is 0 Å². The molecule has 0 amide bonds. The third-order valence-electron chi connectivity index (χ3n) is 3.84. The lowest BCUT2D eigenvalue weighted by atomic mass is 9.68. The van der Waals surface area contributed by atoms with Crippen molar-refractivity contribution < 1.29 is 0 Å². The predicted molar refractivity (Wildman–Crippen MR) is 56.6 cm³/mol. The van der Waals surface area contributed by atoms with Crippen LogP contribution in [0.2, 0.25) is 0 Å². The molecule has 0 aromatic rings. The van der Waals surface area contributed by atoms with Gasteiger partial charge >= 0.3 is 0 Å². The fraction of sp³-hybridized carbons (Fsp3) is 1.00. The van der Waals surface area contributed by atoms with Gasteiger partial charge < -0.3 is 0 Å². The van der Waals surface area contributed by atoms with E-state index in [9.17, 15) is 0 Å². The maximum Gasteiger partial charge on any atom is 0.0132 e. The molecule has 3 fully saturated rings. The zero-order chi connectivity index (χ0) is 9.59. The molecule has 0 spiro atoms. The minimum Gasteiger partial charge on any atom is -0.300 e. The summed E-state index contributed by atoms with van der Waals surface area (Å²) in [5, 5.41) is 0. The quantitative estimate of drug-likeness (QED) is 0.647. The van der Waals surface area contributed by atoms with E-state index in [1.807, 2.05) is 0 Å². The van der Waals surface area contributed by atoms with Crippen molar-refractivity contribution >= 4 is 0 Å². The number of hydrogen-bond acceptors (Lipinski definition) is 1. The van der Waals surface area contributed by atoms with Gasteiger partial charge in [0.2, 0.25) is 0 Å². The van der Waals surface area contributed by atoms with Crippen molar-refractivity contribution in [3.63, 3.8) is 0 Å². The molecule has 0 aromatic heterocycles. The van der Waals surface area contributed by atoms with Gasteiger partial charge in [-0.05, 0) is 30.1 Å². The Morgan fingerprint density at radius 2 is 1.92 bits per heavy atom. The van der Waals surface area contributed by atoms with Crippen molar-refractivity contribution in [2.45, 2.75) is 40.2 Å². The summed E-state index contributed by atoms with van der Waals surface area (Å²) in [5.74, 6) is 3.82. The molecule has 13 heavy (non-hydrogen) atoms. The van der Waals surface area contributed by atoms with Gasteiger partial charge in [0.15, 0.2) is 0 Å². The zero-order valence-corrected chi connectivity index (χ0v) is 9.46. The highest BCUT2D eigenvalue weighted by Gasteiger charge is 2.52. The molecule has 1 heteroatoms. The third kappa shape index (κ3) is 1.52. The molecule has 1 saturated carbocycles. The van der Waals surface area contributed by atoms with Crippen molar-refractivity contribution in [2.75, 3.05) is 13.1 Å². The van der Waals surface area contributed by atoms with E-state index in [4.69, 9.17) is 0 Å². The Morgan fingerprint density at radius 1 is 1.23 bits per heavy atom. The normalized spacial score (nSPS) is 38.8. The van der Waals surface area contributed by atoms with Crippen LogP contribution in [0.15, 0.2) is 0 Å². The number of fused-ring (bicyclic) bond motifs is 1. The van der Waals surface area contributed by atoms with Gasteiger partial charge in [-0.2, -0.15) is 0 Å². The topological polar surface area (TPSA) is 3.24 Å². The van der Waals surface area contributed by atoms with Crippen LogP contribution in [0.4, 0.5) is 0 Å². The Labute approximate surface area is 82.5 Å². The van der Waals surface area contributed by atoms with Crippen LogP contribution in [0.1, 0.15) is 34.1 Å². The van der Waals surface area contributed by atoms with Crippen molar-refractivity contribution in [3.8, 4) is 0 Å². The fourth-order valence-corrected chi connectivity index (χ4v) is 3.44. The van der Waals surface area contributed by atoms with Gasteiger partial charge in [0, 0.05) is 19.1 Å². The van der Waals surface area contributed by atoms with E-state index in [1.54, 1.807) is 0 Å². The molecule has 0 aromatic carbocycles. The summed E-state index contributed by atoms with van der Waals surface area (Å²) >= 11 is 0. The van der Waals surface area contributed by atoms with E-state index in [1.165, 1.54) is 19.5 Å². The van der Waals surface area contributed by atoms with Gasteiger partial charge in [-0.15, -0.1) is 0 Å². The van der Waals surface area contributed by atoms with Gasteiger partial charge in [-0.25, -0.2) is 0 Å². The highest BCUT2D eigenvalue weighted by Crippen LogP contribution is 2.49. The Morgan fingerprint density at radius 3 is 2.38 bits per heavy atom. The second-order valence-electron chi connectivity index (χ2n) is 5.73. The summed E-state index contributed by atoms with van der Waals surface area (Å²) in [6, 6.07) is 0.951. The largest absolute Gasteiger partial charge is 0.300 e. The molecule has 3 rings (SSSR count). The molecule has 2 aliphatic heterocycles. The molecule has 2 heterocycles. The summed E-state index contributed by atoms with van der Waals surface area (Å²) in [5.41, 5.74) is 0. The fourth-order valence-electron chi connectivity index (χ4n) is 3.44. The summed E-state index contributed by atoms with van der Waals surface area (Å²) < 4.78 is 0. The van der Waals surface area contributed by atoms with E-state index < -0.39 is 0 Å². The first-order valence-electron chi connectivity index (χ1n) is 5.83.